The first-order valence-corrected chi connectivity index (χ1v) is 5.34. The second-order valence-corrected chi connectivity index (χ2v) is 4.44. The van der Waals surface area contributed by atoms with Gasteiger partial charge in [0.1, 0.15) is 0 Å². The van der Waals surface area contributed by atoms with Gasteiger partial charge < -0.3 is 5.11 Å². The molecule has 1 heterocycles. The van der Waals surface area contributed by atoms with Crippen LogP contribution in [0.1, 0.15) is 4.88 Å². The summed E-state index contributed by atoms with van der Waals surface area (Å²) < 4.78 is 73.3. The number of hydrogen-bond acceptors (Lipinski definition) is 2. The van der Waals surface area contributed by atoms with Gasteiger partial charge in [-0.3, -0.25) is 0 Å². The standard InChI is InChI=1S/C9H8F6OS/c10-8(11,12)7(9(13,14)15)6(16)4-5-2-1-3-17-5/h1-3,6-7,16H,4H2. The summed E-state index contributed by atoms with van der Waals surface area (Å²) in [7, 11) is 0. The summed E-state index contributed by atoms with van der Waals surface area (Å²) in [6.45, 7) is 0. The van der Waals surface area contributed by atoms with Crippen LogP contribution in [0.15, 0.2) is 17.5 Å². The molecule has 17 heavy (non-hydrogen) atoms. The van der Waals surface area contributed by atoms with Crippen LogP contribution in [-0.4, -0.2) is 23.6 Å². The molecular formula is C9H8F6OS. The van der Waals surface area contributed by atoms with Crippen molar-refractivity contribution in [1.82, 2.24) is 0 Å². The maximum Gasteiger partial charge on any atom is 0.403 e. The fourth-order valence-electron chi connectivity index (χ4n) is 1.37. The number of aliphatic hydroxyl groups is 1. The van der Waals surface area contributed by atoms with E-state index in [1.807, 2.05) is 0 Å². The van der Waals surface area contributed by atoms with E-state index in [-0.39, 0.29) is 4.88 Å². The quantitative estimate of drug-likeness (QED) is 0.840. The van der Waals surface area contributed by atoms with Gasteiger partial charge in [-0.1, -0.05) is 6.07 Å². The van der Waals surface area contributed by atoms with Gasteiger partial charge in [0.05, 0.1) is 6.10 Å². The lowest BCUT2D eigenvalue weighted by molar-refractivity contribution is -0.305. The lowest BCUT2D eigenvalue weighted by Gasteiger charge is -2.27. The largest absolute Gasteiger partial charge is 0.403 e. The minimum atomic E-state index is -5.51. The summed E-state index contributed by atoms with van der Waals surface area (Å²) in [6, 6.07) is 2.86. The Kier molecular flexibility index (Phi) is 4.08. The average Bonchev–Trinajstić information content (AvgIpc) is 2.49. The number of aliphatic hydroxyl groups excluding tert-OH is 1. The van der Waals surface area contributed by atoms with E-state index in [9.17, 15) is 26.3 Å². The SMILES string of the molecule is OC(Cc1cccs1)C(C(F)(F)F)C(F)(F)F. The van der Waals surface area contributed by atoms with Crippen molar-refractivity contribution in [2.75, 3.05) is 0 Å². The van der Waals surface area contributed by atoms with Crippen LogP contribution in [0.2, 0.25) is 0 Å². The fraction of sp³-hybridized carbons (Fsp3) is 0.556. The van der Waals surface area contributed by atoms with Gasteiger partial charge in [-0.2, -0.15) is 26.3 Å². The maximum absolute atomic E-state index is 12.2. The van der Waals surface area contributed by atoms with E-state index in [1.54, 1.807) is 0 Å². The molecular weight excluding hydrogens is 270 g/mol. The van der Waals surface area contributed by atoms with E-state index in [1.165, 1.54) is 17.5 Å². The Morgan fingerprint density at radius 2 is 1.65 bits per heavy atom. The van der Waals surface area contributed by atoms with Crippen LogP contribution in [0, 0.1) is 5.92 Å². The summed E-state index contributed by atoms with van der Waals surface area (Å²) in [5.74, 6) is -3.71. The Morgan fingerprint density at radius 3 is 2.00 bits per heavy atom. The van der Waals surface area contributed by atoms with E-state index in [4.69, 9.17) is 5.11 Å². The molecule has 0 spiro atoms. The van der Waals surface area contributed by atoms with Crippen molar-refractivity contribution >= 4 is 11.3 Å². The molecule has 1 atom stereocenters. The molecule has 0 amide bonds. The van der Waals surface area contributed by atoms with Crippen LogP contribution < -0.4 is 0 Å². The number of halogens is 6. The fourth-order valence-corrected chi connectivity index (χ4v) is 2.13. The summed E-state index contributed by atoms with van der Waals surface area (Å²) in [6.07, 6.45) is -14.2. The Bertz CT molecular complexity index is 327. The van der Waals surface area contributed by atoms with Crippen LogP contribution >= 0.6 is 11.3 Å². The normalized spacial score (nSPS) is 15.3. The van der Waals surface area contributed by atoms with Crippen molar-refractivity contribution in [3.05, 3.63) is 22.4 Å². The van der Waals surface area contributed by atoms with Gasteiger partial charge >= 0.3 is 12.4 Å². The molecule has 1 aromatic rings. The Morgan fingerprint density at radius 1 is 1.12 bits per heavy atom. The molecule has 0 aromatic carbocycles. The highest BCUT2D eigenvalue weighted by Crippen LogP contribution is 2.42. The van der Waals surface area contributed by atoms with E-state index in [0.717, 1.165) is 11.3 Å². The molecule has 0 aliphatic heterocycles. The zero-order valence-corrected chi connectivity index (χ0v) is 9.03. The zero-order valence-electron chi connectivity index (χ0n) is 8.22. The number of alkyl halides is 6. The molecule has 0 radical (unpaired) electrons. The van der Waals surface area contributed by atoms with Gasteiger partial charge in [-0.15, -0.1) is 11.3 Å². The first-order valence-electron chi connectivity index (χ1n) is 4.46. The average molecular weight is 278 g/mol. The topological polar surface area (TPSA) is 20.2 Å². The van der Waals surface area contributed by atoms with Gasteiger partial charge in [-0.25, -0.2) is 0 Å². The summed E-state index contributed by atoms with van der Waals surface area (Å²) in [5.41, 5.74) is 0. The molecule has 98 valence electrons. The molecule has 0 saturated carbocycles. The lowest BCUT2D eigenvalue weighted by Crippen LogP contribution is -2.45. The second kappa shape index (κ2) is 4.85. The van der Waals surface area contributed by atoms with Crippen LogP contribution in [-0.2, 0) is 6.42 Å². The molecule has 0 fully saturated rings. The highest BCUT2D eigenvalue weighted by molar-refractivity contribution is 7.09. The van der Waals surface area contributed by atoms with Gasteiger partial charge in [-0.05, 0) is 11.4 Å². The van der Waals surface area contributed by atoms with Crippen LogP contribution in [0.4, 0.5) is 26.3 Å². The third-order valence-electron chi connectivity index (χ3n) is 2.08. The van der Waals surface area contributed by atoms with Crippen molar-refractivity contribution in [2.45, 2.75) is 24.9 Å². The molecule has 0 aliphatic rings. The highest BCUT2D eigenvalue weighted by Gasteiger charge is 2.59. The summed E-state index contributed by atoms with van der Waals surface area (Å²) in [4.78, 5) is 0.274. The monoisotopic (exact) mass is 278 g/mol. The third-order valence-corrected chi connectivity index (χ3v) is 2.98. The van der Waals surface area contributed by atoms with E-state index >= 15 is 0 Å². The predicted octanol–water partition coefficient (Wildman–Crippen LogP) is 3.39. The third kappa shape index (κ3) is 3.88. The van der Waals surface area contributed by atoms with Crippen molar-refractivity contribution in [2.24, 2.45) is 5.92 Å². The Balaban J connectivity index is 2.84. The molecule has 0 aliphatic carbocycles. The highest BCUT2D eigenvalue weighted by atomic mass is 32.1. The molecule has 0 bridgehead atoms. The molecule has 0 saturated heterocycles. The van der Waals surface area contributed by atoms with E-state index < -0.39 is 30.8 Å². The maximum atomic E-state index is 12.2. The second-order valence-electron chi connectivity index (χ2n) is 3.41. The van der Waals surface area contributed by atoms with Crippen LogP contribution in [0.3, 0.4) is 0 Å². The van der Waals surface area contributed by atoms with Crippen molar-refractivity contribution in [3.63, 3.8) is 0 Å². The van der Waals surface area contributed by atoms with Crippen LogP contribution in [0.25, 0.3) is 0 Å². The molecule has 1 unspecified atom stereocenters. The van der Waals surface area contributed by atoms with Gasteiger partial charge in [0.25, 0.3) is 0 Å². The minimum Gasteiger partial charge on any atom is -0.392 e. The first-order chi connectivity index (χ1) is 7.62. The van der Waals surface area contributed by atoms with E-state index in [0.29, 0.717) is 0 Å². The molecule has 1 N–H and O–H groups in total. The number of thiophene rings is 1. The zero-order chi connectivity index (χ0) is 13.3. The summed E-state index contributed by atoms with van der Waals surface area (Å²) >= 11 is 0.995. The minimum absolute atomic E-state index is 0.274. The number of hydrogen-bond donors (Lipinski definition) is 1. The Hall–Kier alpha value is -0.760. The van der Waals surface area contributed by atoms with E-state index in [2.05, 4.69) is 0 Å². The lowest BCUT2D eigenvalue weighted by atomic mass is 9.98. The number of rotatable bonds is 3. The smallest absolute Gasteiger partial charge is 0.392 e. The molecule has 1 nitrogen and oxygen atoms in total. The van der Waals surface area contributed by atoms with Crippen molar-refractivity contribution in [1.29, 1.82) is 0 Å². The predicted molar refractivity (Wildman–Crippen MR) is 49.6 cm³/mol. The van der Waals surface area contributed by atoms with Gasteiger partial charge in [0.2, 0.25) is 0 Å². The molecule has 8 heteroatoms. The van der Waals surface area contributed by atoms with Crippen molar-refractivity contribution in [3.8, 4) is 0 Å². The van der Waals surface area contributed by atoms with Crippen molar-refractivity contribution < 1.29 is 31.4 Å². The first kappa shape index (κ1) is 14.3. The van der Waals surface area contributed by atoms with Crippen LogP contribution in [0.5, 0.6) is 0 Å². The molecule has 1 rings (SSSR count). The summed E-state index contributed by atoms with van der Waals surface area (Å²) in [5, 5.41) is 10.6. The van der Waals surface area contributed by atoms with Gasteiger partial charge in [0, 0.05) is 11.3 Å². The molecule has 1 aromatic heterocycles. The van der Waals surface area contributed by atoms with Gasteiger partial charge in [0.15, 0.2) is 5.92 Å². The Labute approximate surface area is 96.7 Å².